The van der Waals surface area contributed by atoms with Gasteiger partial charge in [0.25, 0.3) is 0 Å². The fourth-order valence-electron chi connectivity index (χ4n) is 2.75. The molecular formula is C21H18N2O. The van der Waals surface area contributed by atoms with E-state index in [1.165, 1.54) is 5.56 Å². The number of aromatic nitrogens is 2. The summed E-state index contributed by atoms with van der Waals surface area (Å²) in [5, 5.41) is 0. The van der Waals surface area contributed by atoms with Crippen LogP contribution in [0, 0.1) is 0 Å². The third-order valence-electron chi connectivity index (χ3n) is 4.00. The normalized spacial score (nSPS) is 10.8. The molecule has 0 unspecified atom stereocenters. The minimum Gasteiger partial charge on any atom is -0.493 e. The van der Waals surface area contributed by atoms with E-state index in [1.807, 2.05) is 54.6 Å². The zero-order valence-electron chi connectivity index (χ0n) is 13.3. The van der Waals surface area contributed by atoms with Crippen molar-refractivity contribution in [3.63, 3.8) is 0 Å². The molecule has 0 bridgehead atoms. The number of nitrogens with one attached hydrogen (secondary N) is 1. The van der Waals surface area contributed by atoms with Crippen LogP contribution in [0.25, 0.3) is 22.4 Å². The topological polar surface area (TPSA) is 37.9 Å². The zero-order valence-corrected chi connectivity index (χ0v) is 13.3. The molecule has 0 amide bonds. The van der Waals surface area contributed by atoms with Crippen LogP contribution in [0.2, 0.25) is 0 Å². The predicted octanol–water partition coefficient (Wildman–Crippen LogP) is 4.85. The molecule has 3 aromatic carbocycles. The molecule has 0 saturated carbocycles. The molecule has 0 fully saturated rings. The number of para-hydroxylation sites is 2. The van der Waals surface area contributed by atoms with Crippen LogP contribution in [-0.4, -0.2) is 16.6 Å². The first-order valence-electron chi connectivity index (χ1n) is 8.10. The lowest BCUT2D eigenvalue weighted by atomic mass is 10.2. The summed E-state index contributed by atoms with van der Waals surface area (Å²) in [6.07, 6.45) is 0.899. The molecule has 0 spiro atoms. The first-order valence-corrected chi connectivity index (χ1v) is 8.10. The van der Waals surface area contributed by atoms with Crippen molar-refractivity contribution in [3.8, 4) is 17.1 Å². The van der Waals surface area contributed by atoms with Crippen molar-refractivity contribution < 1.29 is 4.74 Å². The Labute approximate surface area is 140 Å². The van der Waals surface area contributed by atoms with Gasteiger partial charge in [0.05, 0.1) is 17.6 Å². The number of hydrogen-bond donors (Lipinski definition) is 1. The van der Waals surface area contributed by atoms with E-state index in [1.54, 1.807) is 0 Å². The fourth-order valence-corrected chi connectivity index (χ4v) is 2.75. The van der Waals surface area contributed by atoms with Crippen LogP contribution in [0.1, 0.15) is 5.56 Å². The molecule has 0 aliphatic rings. The van der Waals surface area contributed by atoms with Crippen LogP contribution in [0.3, 0.4) is 0 Å². The van der Waals surface area contributed by atoms with Gasteiger partial charge in [-0.25, -0.2) is 4.98 Å². The molecule has 1 N–H and O–H groups in total. The molecule has 1 aromatic heterocycles. The Balaban J connectivity index is 1.49. The molecule has 3 nitrogen and oxygen atoms in total. The van der Waals surface area contributed by atoms with E-state index in [9.17, 15) is 0 Å². The third-order valence-corrected chi connectivity index (χ3v) is 4.00. The van der Waals surface area contributed by atoms with Gasteiger partial charge < -0.3 is 9.72 Å². The number of H-pyrrole nitrogens is 1. The summed E-state index contributed by atoms with van der Waals surface area (Å²) in [7, 11) is 0. The highest BCUT2D eigenvalue weighted by Crippen LogP contribution is 2.24. The molecule has 0 aliphatic heterocycles. The Kier molecular flexibility index (Phi) is 3.98. The molecule has 1 heterocycles. The summed E-state index contributed by atoms with van der Waals surface area (Å²) in [5.74, 6) is 1.73. The van der Waals surface area contributed by atoms with Gasteiger partial charge in [0.2, 0.25) is 0 Å². The average Bonchev–Trinajstić information content (AvgIpc) is 3.07. The van der Waals surface area contributed by atoms with E-state index in [4.69, 9.17) is 4.74 Å². The number of imidazole rings is 1. The van der Waals surface area contributed by atoms with E-state index in [2.05, 4.69) is 34.2 Å². The molecule has 0 atom stereocenters. The van der Waals surface area contributed by atoms with E-state index in [0.29, 0.717) is 6.61 Å². The number of rotatable bonds is 5. The standard InChI is InChI=1S/C21H18N2O/c1-2-7-16(8-3-1)13-14-24-18-10-6-9-17(15-18)21-22-19-11-4-5-12-20(19)23-21/h1-12,15H,13-14H2,(H,22,23). The Bertz CT molecular complexity index is 911. The van der Waals surface area contributed by atoms with Gasteiger partial charge in [-0.3, -0.25) is 0 Å². The van der Waals surface area contributed by atoms with Gasteiger partial charge in [-0.05, 0) is 29.8 Å². The first-order chi connectivity index (χ1) is 11.9. The quantitative estimate of drug-likeness (QED) is 0.572. The number of fused-ring (bicyclic) bond motifs is 1. The highest BCUT2D eigenvalue weighted by atomic mass is 16.5. The van der Waals surface area contributed by atoms with Crippen LogP contribution in [-0.2, 0) is 6.42 Å². The van der Waals surface area contributed by atoms with Crippen LogP contribution in [0.15, 0.2) is 78.9 Å². The van der Waals surface area contributed by atoms with Gasteiger partial charge in [-0.2, -0.15) is 0 Å². The molecule has 118 valence electrons. The summed E-state index contributed by atoms with van der Waals surface area (Å²) in [6.45, 7) is 0.660. The van der Waals surface area contributed by atoms with Gasteiger partial charge in [-0.1, -0.05) is 54.6 Å². The second-order valence-corrected chi connectivity index (χ2v) is 5.71. The van der Waals surface area contributed by atoms with Crippen LogP contribution in [0.5, 0.6) is 5.75 Å². The van der Waals surface area contributed by atoms with Crippen molar-refractivity contribution in [2.75, 3.05) is 6.61 Å². The highest BCUT2D eigenvalue weighted by Gasteiger charge is 2.06. The van der Waals surface area contributed by atoms with Gasteiger partial charge in [-0.15, -0.1) is 0 Å². The van der Waals surface area contributed by atoms with Crippen molar-refractivity contribution >= 4 is 11.0 Å². The maximum absolute atomic E-state index is 5.90. The Morgan fingerprint density at radius 1 is 0.833 bits per heavy atom. The fraction of sp³-hybridized carbons (Fsp3) is 0.0952. The predicted molar refractivity (Wildman–Crippen MR) is 97.2 cm³/mol. The van der Waals surface area contributed by atoms with Crippen molar-refractivity contribution in [2.24, 2.45) is 0 Å². The molecule has 4 rings (SSSR count). The number of benzene rings is 3. The number of ether oxygens (including phenoxy) is 1. The minimum atomic E-state index is 0.660. The number of hydrogen-bond acceptors (Lipinski definition) is 2. The Morgan fingerprint density at radius 3 is 2.54 bits per heavy atom. The Morgan fingerprint density at radius 2 is 1.67 bits per heavy atom. The van der Waals surface area contributed by atoms with E-state index in [0.717, 1.165) is 34.6 Å². The van der Waals surface area contributed by atoms with Gasteiger partial charge >= 0.3 is 0 Å². The Hall–Kier alpha value is -3.07. The maximum atomic E-state index is 5.90. The number of aromatic amines is 1. The molecule has 4 aromatic rings. The van der Waals surface area contributed by atoms with Gasteiger partial charge in [0, 0.05) is 12.0 Å². The monoisotopic (exact) mass is 314 g/mol. The molecule has 0 saturated heterocycles. The number of nitrogens with zero attached hydrogens (tertiary/aromatic N) is 1. The van der Waals surface area contributed by atoms with E-state index in [-0.39, 0.29) is 0 Å². The van der Waals surface area contributed by atoms with Gasteiger partial charge in [0.15, 0.2) is 0 Å². The van der Waals surface area contributed by atoms with E-state index >= 15 is 0 Å². The molecular weight excluding hydrogens is 296 g/mol. The summed E-state index contributed by atoms with van der Waals surface area (Å²) in [5.41, 5.74) is 4.33. The second kappa shape index (κ2) is 6.59. The van der Waals surface area contributed by atoms with E-state index < -0.39 is 0 Å². The third kappa shape index (κ3) is 3.15. The zero-order chi connectivity index (χ0) is 16.2. The summed E-state index contributed by atoms with van der Waals surface area (Å²) < 4.78 is 5.90. The molecule has 24 heavy (non-hydrogen) atoms. The summed E-state index contributed by atoms with van der Waals surface area (Å²) >= 11 is 0. The maximum Gasteiger partial charge on any atom is 0.138 e. The van der Waals surface area contributed by atoms with Gasteiger partial charge in [0.1, 0.15) is 11.6 Å². The minimum absolute atomic E-state index is 0.660. The highest BCUT2D eigenvalue weighted by molar-refractivity contribution is 5.79. The van der Waals surface area contributed by atoms with Crippen molar-refractivity contribution in [1.29, 1.82) is 0 Å². The summed E-state index contributed by atoms with van der Waals surface area (Å²) in [6, 6.07) is 26.5. The smallest absolute Gasteiger partial charge is 0.138 e. The lowest BCUT2D eigenvalue weighted by Gasteiger charge is -2.07. The SMILES string of the molecule is c1ccc(CCOc2cccc(-c3nc4ccccc4[nH]3)c2)cc1. The van der Waals surface area contributed by atoms with Crippen LogP contribution in [0.4, 0.5) is 0 Å². The second-order valence-electron chi connectivity index (χ2n) is 5.71. The van der Waals surface area contributed by atoms with Crippen molar-refractivity contribution in [3.05, 3.63) is 84.4 Å². The largest absolute Gasteiger partial charge is 0.493 e. The van der Waals surface area contributed by atoms with Crippen molar-refractivity contribution in [2.45, 2.75) is 6.42 Å². The van der Waals surface area contributed by atoms with Crippen LogP contribution >= 0.6 is 0 Å². The lowest BCUT2D eigenvalue weighted by molar-refractivity contribution is 0.322. The molecule has 0 radical (unpaired) electrons. The van der Waals surface area contributed by atoms with Crippen LogP contribution < -0.4 is 4.74 Å². The van der Waals surface area contributed by atoms with Crippen molar-refractivity contribution in [1.82, 2.24) is 9.97 Å². The first kappa shape index (κ1) is 14.5. The lowest BCUT2D eigenvalue weighted by Crippen LogP contribution is -2.01. The molecule has 3 heteroatoms. The average molecular weight is 314 g/mol. The summed E-state index contributed by atoms with van der Waals surface area (Å²) in [4.78, 5) is 8.00. The molecule has 0 aliphatic carbocycles.